The van der Waals surface area contributed by atoms with E-state index in [0.717, 1.165) is 5.56 Å². The van der Waals surface area contributed by atoms with Crippen molar-refractivity contribution in [3.8, 4) is 5.75 Å². The molecule has 0 radical (unpaired) electrons. The SMILES string of the molecule is CC(=O)c1ccc(C)cc1OCC(O)COC(C)C. The van der Waals surface area contributed by atoms with Crippen molar-refractivity contribution >= 4 is 5.78 Å². The van der Waals surface area contributed by atoms with E-state index in [1.54, 1.807) is 12.1 Å². The maximum absolute atomic E-state index is 11.5. The highest BCUT2D eigenvalue weighted by Gasteiger charge is 2.12. The van der Waals surface area contributed by atoms with Crippen LogP contribution in [0.4, 0.5) is 0 Å². The molecule has 1 rings (SSSR count). The minimum absolute atomic E-state index is 0.0529. The summed E-state index contributed by atoms with van der Waals surface area (Å²) in [5.41, 5.74) is 1.54. The fourth-order valence-electron chi connectivity index (χ4n) is 1.58. The van der Waals surface area contributed by atoms with E-state index in [1.165, 1.54) is 6.92 Å². The van der Waals surface area contributed by atoms with Gasteiger partial charge in [-0.15, -0.1) is 0 Å². The number of hydrogen-bond donors (Lipinski definition) is 1. The van der Waals surface area contributed by atoms with E-state index in [4.69, 9.17) is 9.47 Å². The van der Waals surface area contributed by atoms with Gasteiger partial charge in [-0.3, -0.25) is 4.79 Å². The normalized spacial score (nSPS) is 12.5. The average molecular weight is 266 g/mol. The number of benzene rings is 1. The van der Waals surface area contributed by atoms with Crippen LogP contribution in [0, 0.1) is 6.92 Å². The Bertz CT molecular complexity index is 426. The average Bonchev–Trinajstić information content (AvgIpc) is 2.33. The Labute approximate surface area is 114 Å². The summed E-state index contributed by atoms with van der Waals surface area (Å²) >= 11 is 0. The molecule has 0 spiro atoms. The molecule has 0 aliphatic rings. The van der Waals surface area contributed by atoms with Gasteiger partial charge in [0.05, 0.1) is 18.3 Å². The van der Waals surface area contributed by atoms with Gasteiger partial charge >= 0.3 is 0 Å². The van der Waals surface area contributed by atoms with E-state index in [9.17, 15) is 9.90 Å². The van der Waals surface area contributed by atoms with E-state index >= 15 is 0 Å². The molecule has 0 amide bonds. The minimum Gasteiger partial charge on any atom is -0.490 e. The first kappa shape index (κ1) is 15.7. The summed E-state index contributed by atoms with van der Waals surface area (Å²) in [6.07, 6.45) is -0.635. The summed E-state index contributed by atoms with van der Waals surface area (Å²) in [6, 6.07) is 5.40. The second kappa shape index (κ2) is 7.26. The number of aryl methyl sites for hydroxylation is 1. The third-order valence-corrected chi connectivity index (χ3v) is 2.57. The van der Waals surface area contributed by atoms with E-state index in [2.05, 4.69) is 0 Å². The Balaban J connectivity index is 2.61. The van der Waals surface area contributed by atoms with Crippen LogP contribution in [0.1, 0.15) is 36.7 Å². The lowest BCUT2D eigenvalue weighted by Crippen LogP contribution is -2.25. The topological polar surface area (TPSA) is 55.8 Å². The maximum Gasteiger partial charge on any atom is 0.163 e. The van der Waals surface area contributed by atoms with Crippen molar-refractivity contribution in [1.29, 1.82) is 0 Å². The van der Waals surface area contributed by atoms with E-state index in [0.29, 0.717) is 11.3 Å². The summed E-state index contributed by atoms with van der Waals surface area (Å²) in [4.78, 5) is 11.5. The van der Waals surface area contributed by atoms with Crippen molar-refractivity contribution in [2.75, 3.05) is 13.2 Å². The van der Waals surface area contributed by atoms with E-state index < -0.39 is 6.10 Å². The molecule has 1 N–H and O–H groups in total. The van der Waals surface area contributed by atoms with Crippen LogP contribution in [0.25, 0.3) is 0 Å². The molecule has 19 heavy (non-hydrogen) atoms. The third-order valence-electron chi connectivity index (χ3n) is 2.57. The minimum atomic E-state index is -0.706. The van der Waals surface area contributed by atoms with Gasteiger partial charge in [0.25, 0.3) is 0 Å². The quantitative estimate of drug-likeness (QED) is 0.770. The smallest absolute Gasteiger partial charge is 0.163 e. The number of carbonyl (C=O) groups is 1. The van der Waals surface area contributed by atoms with E-state index in [1.807, 2.05) is 26.8 Å². The fourth-order valence-corrected chi connectivity index (χ4v) is 1.58. The Morgan fingerprint density at radius 2 is 2.00 bits per heavy atom. The number of hydrogen-bond acceptors (Lipinski definition) is 4. The lowest BCUT2D eigenvalue weighted by Gasteiger charge is -2.16. The lowest BCUT2D eigenvalue weighted by molar-refractivity contribution is -0.0123. The van der Waals surface area contributed by atoms with Crippen molar-refractivity contribution in [2.45, 2.75) is 39.9 Å². The monoisotopic (exact) mass is 266 g/mol. The van der Waals surface area contributed by atoms with Crippen molar-refractivity contribution in [3.05, 3.63) is 29.3 Å². The highest BCUT2D eigenvalue weighted by atomic mass is 16.5. The van der Waals surface area contributed by atoms with Crippen LogP contribution in [0.3, 0.4) is 0 Å². The summed E-state index contributed by atoms with van der Waals surface area (Å²) in [5, 5.41) is 9.72. The van der Waals surface area contributed by atoms with Crippen molar-refractivity contribution in [2.24, 2.45) is 0 Å². The first-order valence-corrected chi connectivity index (χ1v) is 6.44. The summed E-state index contributed by atoms with van der Waals surface area (Å²) < 4.78 is 10.8. The molecule has 0 aliphatic carbocycles. The number of ether oxygens (including phenoxy) is 2. The van der Waals surface area contributed by atoms with Crippen LogP contribution in [0.5, 0.6) is 5.75 Å². The van der Waals surface area contributed by atoms with Gasteiger partial charge < -0.3 is 14.6 Å². The number of aliphatic hydroxyl groups is 1. The van der Waals surface area contributed by atoms with Crippen LogP contribution in [-0.2, 0) is 4.74 Å². The summed E-state index contributed by atoms with van der Waals surface area (Å²) in [6.45, 7) is 7.56. The molecule has 0 aromatic heterocycles. The van der Waals surface area contributed by atoms with Gasteiger partial charge in [-0.2, -0.15) is 0 Å². The summed E-state index contributed by atoms with van der Waals surface area (Å²) in [7, 11) is 0. The van der Waals surface area contributed by atoms with E-state index in [-0.39, 0.29) is 25.1 Å². The van der Waals surface area contributed by atoms with Crippen LogP contribution in [0.15, 0.2) is 18.2 Å². The fraction of sp³-hybridized carbons (Fsp3) is 0.533. The number of aliphatic hydroxyl groups excluding tert-OH is 1. The molecule has 0 heterocycles. The van der Waals surface area contributed by atoms with Crippen molar-refractivity contribution in [1.82, 2.24) is 0 Å². The predicted octanol–water partition coefficient (Wildman–Crippen LogP) is 2.36. The molecule has 0 saturated heterocycles. The molecule has 4 heteroatoms. The van der Waals surface area contributed by atoms with Gasteiger partial charge in [0.2, 0.25) is 0 Å². The molecule has 0 bridgehead atoms. The Hall–Kier alpha value is -1.39. The molecule has 1 atom stereocenters. The molecule has 0 saturated carbocycles. The number of carbonyl (C=O) groups excluding carboxylic acids is 1. The second-order valence-corrected chi connectivity index (χ2v) is 4.90. The zero-order chi connectivity index (χ0) is 14.4. The Morgan fingerprint density at radius 3 is 2.58 bits per heavy atom. The zero-order valence-electron chi connectivity index (χ0n) is 12.0. The maximum atomic E-state index is 11.5. The van der Waals surface area contributed by atoms with Gasteiger partial charge in [0, 0.05) is 0 Å². The highest BCUT2D eigenvalue weighted by molar-refractivity contribution is 5.96. The molecular formula is C15H22O4. The molecule has 1 aromatic carbocycles. The lowest BCUT2D eigenvalue weighted by atomic mass is 10.1. The molecular weight excluding hydrogens is 244 g/mol. The second-order valence-electron chi connectivity index (χ2n) is 4.90. The number of rotatable bonds is 7. The molecule has 0 aliphatic heterocycles. The highest BCUT2D eigenvalue weighted by Crippen LogP contribution is 2.21. The number of ketones is 1. The van der Waals surface area contributed by atoms with Crippen molar-refractivity contribution in [3.63, 3.8) is 0 Å². The van der Waals surface area contributed by atoms with Crippen LogP contribution in [-0.4, -0.2) is 36.3 Å². The van der Waals surface area contributed by atoms with Gasteiger partial charge in [-0.25, -0.2) is 0 Å². The first-order chi connectivity index (χ1) is 8.90. The van der Waals surface area contributed by atoms with Crippen LogP contribution >= 0.6 is 0 Å². The Kier molecular flexibility index (Phi) is 5.99. The van der Waals surface area contributed by atoms with Gasteiger partial charge in [0.1, 0.15) is 18.5 Å². The predicted molar refractivity (Wildman–Crippen MR) is 73.8 cm³/mol. The molecule has 106 valence electrons. The molecule has 0 fully saturated rings. The van der Waals surface area contributed by atoms with Gasteiger partial charge in [-0.05, 0) is 45.4 Å². The largest absolute Gasteiger partial charge is 0.490 e. The van der Waals surface area contributed by atoms with Crippen LogP contribution < -0.4 is 4.74 Å². The van der Waals surface area contributed by atoms with Gasteiger partial charge in [-0.1, -0.05) is 6.07 Å². The van der Waals surface area contributed by atoms with Crippen LogP contribution in [0.2, 0.25) is 0 Å². The Morgan fingerprint density at radius 1 is 1.32 bits per heavy atom. The van der Waals surface area contributed by atoms with Gasteiger partial charge in [0.15, 0.2) is 5.78 Å². The van der Waals surface area contributed by atoms with Crippen molar-refractivity contribution < 1.29 is 19.4 Å². The zero-order valence-corrected chi connectivity index (χ0v) is 12.0. The first-order valence-electron chi connectivity index (χ1n) is 6.44. The molecule has 4 nitrogen and oxygen atoms in total. The number of Topliss-reactive ketones (excluding diaryl/α,β-unsaturated/α-hetero) is 1. The molecule has 1 unspecified atom stereocenters. The molecule has 1 aromatic rings. The third kappa shape index (κ3) is 5.41. The summed E-state index contributed by atoms with van der Waals surface area (Å²) in [5.74, 6) is 0.457. The standard InChI is InChI=1S/C15H22O4/c1-10(2)18-8-13(17)9-19-15-7-11(3)5-6-14(15)12(4)16/h5-7,10,13,17H,8-9H2,1-4H3.